The standard InChI is InChI=1S/C19H26N2O3/c1-23-15-6-4-14(5-7-15)10-21-11-16-8-17(18(12-21)24-16)19(22)20-9-13-2-3-13/h4-7,13,16-18H,2-3,8-12H2,1H3,(H,20,22)/t16-,17+,18-/m0/s1. The Morgan fingerprint density at radius 1 is 1.29 bits per heavy atom. The minimum atomic E-state index is 0.0228. The van der Waals surface area contributed by atoms with Crippen LogP contribution in [0.3, 0.4) is 0 Å². The van der Waals surface area contributed by atoms with Gasteiger partial charge in [-0.05, 0) is 42.9 Å². The molecule has 3 fully saturated rings. The van der Waals surface area contributed by atoms with Crippen molar-refractivity contribution in [2.24, 2.45) is 11.8 Å². The third-order valence-corrected chi connectivity index (χ3v) is 5.40. The zero-order valence-electron chi connectivity index (χ0n) is 14.2. The molecule has 4 rings (SSSR count). The molecule has 2 heterocycles. The second-order valence-electron chi connectivity index (χ2n) is 7.37. The van der Waals surface area contributed by atoms with Gasteiger partial charge in [-0.2, -0.15) is 0 Å². The Balaban J connectivity index is 1.32. The van der Waals surface area contributed by atoms with E-state index in [1.54, 1.807) is 7.11 Å². The van der Waals surface area contributed by atoms with E-state index in [0.29, 0.717) is 0 Å². The van der Waals surface area contributed by atoms with E-state index in [0.717, 1.165) is 44.3 Å². The third-order valence-electron chi connectivity index (χ3n) is 5.40. The molecule has 1 amide bonds. The minimum Gasteiger partial charge on any atom is -0.497 e. The number of amides is 1. The molecule has 3 atom stereocenters. The zero-order chi connectivity index (χ0) is 16.5. The number of fused-ring (bicyclic) bond motifs is 2. The summed E-state index contributed by atoms with van der Waals surface area (Å²) in [5.74, 6) is 1.82. The quantitative estimate of drug-likeness (QED) is 0.864. The molecule has 1 aliphatic carbocycles. The smallest absolute Gasteiger partial charge is 0.225 e. The first-order valence-corrected chi connectivity index (χ1v) is 8.99. The number of likely N-dealkylation sites (tertiary alicyclic amines) is 1. The van der Waals surface area contributed by atoms with Crippen molar-refractivity contribution >= 4 is 5.91 Å². The van der Waals surface area contributed by atoms with Crippen molar-refractivity contribution in [1.82, 2.24) is 10.2 Å². The lowest BCUT2D eigenvalue weighted by Crippen LogP contribution is -2.45. The fourth-order valence-corrected chi connectivity index (χ4v) is 3.83. The summed E-state index contributed by atoms with van der Waals surface area (Å²) in [6.07, 6.45) is 3.63. The lowest BCUT2D eigenvalue weighted by Gasteiger charge is -2.32. The first kappa shape index (κ1) is 15.9. The molecule has 0 unspecified atom stereocenters. The van der Waals surface area contributed by atoms with Crippen molar-refractivity contribution in [2.75, 3.05) is 26.7 Å². The molecule has 2 saturated heterocycles. The molecule has 1 saturated carbocycles. The third kappa shape index (κ3) is 3.57. The number of benzene rings is 1. The Morgan fingerprint density at radius 3 is 2.79 bits per heavy atom. The molecule has 0 spiro atoms. The summed E-state index contributed by atoms with van der Waals surface area (Å²) in [7, 11) is 1.68. The predicted molar refractivity (Wildman–Crippen MR) is 90.8 cm³/mol. The Hall–Kier alpha value is -1.59. The number of methoxy groups -OCH3 is 1. The van der Waals surface area contributed by atoms with E-state index in [4.69, 9.17) is 9.47 Å². The number of hydrogen-bond acceptors (Lipinski definition) is 4. The number of rotatable bonds is 6. The Bertz CT molecular complexity index is 585. The van der Waals surface area contributed by atoms with Gasteiger partial charge < -0.3 is 14.8 Å². The van der Waals surface area contributed by atoms with Crippen LogP contribution in [0, 0.1) is 11.8 Å². The van der Waals surface area contributed by atoms with Crippen LogP contribution in [0.4, 0.5) is 0 Å². The second-order valence-corrected chi connectivity index (χ2v) is 7.37. The summed E-state index contributed by atoms with van der Waals surface area (Å²) >= 11 is 0. The van der Waals surface area contributed by atoms with Crippen molar-refractivity contribution in [3.63, 3.8) is 0 Å². The molecular formula is C19H26N2O3. The van der Waals surface area contributed by atoms with E-state index in [9.17, 15) is 4.79 Å². The molecule has 5 nitrogen and oxygen atoms in total. The molecule has 2 bridgehead atoms. The van der Waals surface area contributed by atoms with Gasteiger partial charge in [-0.3, -0.25) is 9.69 Å². The number of carbonyl (C=O) groups is 1. The fraction of sp³-hybridized carbons (Fsp3) is 0.632. The maximum Gasteiger partial charge on any atom is 0.225 e. The molecule has 1 aromatic rings. The maximum absolute atomic E-state index is 12.4. The topological polar surface area (TPSA) is 50.8 Å². The summed E-state index contributed by atoms with van der Waals surface area (Å²) in [5.41, 5.74) is 1.27. The second kappa shape index (κ2) is 6.73. The predicted octanol–water partition coefficient (Wildman–Crippen LogP) is 1.81. The lowest BCUT2D eigenvalue weighted by atomic mass is 9.99. The highest BCUT2D eigenvalue weighted by atomic mass is 16.5. The van der Waals surface area contributed by atoms with Gasteiger partial charge in [0, 0.05) is 26.2 Å². The van der Waals surface area contributed by atoms with E-state index >= 15 is 0 Å². The number of hydrogen-bond donors (Lipinski definition) is 1. The number of morpholine rings is 1. The lowest BCUT2D eigenvalue weighted by molar-refractivity contribution is -0.128. The largest absolute Gasteiger partial charge is 0.497 e. The number of carbonyl (C=O) groups excluding carboxylic acids is 1. The molecule has 0 radical (unpaired) electrons. The fourth-order valence-electron chi connectivity index (χ4n) is 3.83. The van der Waals surface area contributed by atoms with Crippen LogP contribution in [0.25, 0.3) is 0 Å². The van der Waals surface area contributed by atoms with Gasteiger partial charge in [-0.15, -0.1) is 0 Å². The van der Waals surface area contributed by atoms with Crippen molar-refractivity contribution in [2.45, 2.75) is 38.0 Å². The van der Waals surface area contributed by atoms with Gasteiger partial charge in [-0.25, -0.2) is 0 Å². The number of nitrogens with one attached hydrogen (secondary N) is 1. The van der Waals surface area contributed by atoms with E-state index in [1.807, 2.05) is 12.1 Å². The zero-order valence-corrected chi connectivity index (χ0v) is 14.2. The Labute approximate surface area is 143 Å². The van der Waals surface area contributed by atoms with Crippen LogP contribution in [0.5, 0.6) is 5.75 Å². The molecule has 1 N–H and O–H groups in total. The summed E-state index contributed by atoms with van der Waals surface area (Å²) in [6.45, 7) is 3.50. The van der Waals surface area contributed by atoms with Crippen LogP contribution in [-0.4, -0.2) is 49.8 Å². The van der Waals surface area contributed by atoms with Gasteiger partial charge in [0.05, 0.1) is 25.2 Å². The maximum atomic E-state index is 12.4. The van der Waals surface area contributed by atoms with E-state index in [-0.39, 0.29) is 24.0 Å². The summed E-state index contributed by atoms with van der Waals surface area (Å²) in [6, 6.07) is 8.21. The molecule has 2 aliphatic heterocycles. The molecule has 24 heavy (non-hydrogen) atoms. The van der Waals surface area contributed by atoms with Gasteiger partial charge >= 0.3 is 0 Å². The van der Waals surface area contributed by atoms with Crippen LogP contribution < -0.4 is 10.1 Å². The highest BCUT2D eigenvalue weighted by Gasteiger charge is 2.44. The van der Waals surface area contributed by atoms with Gasteiger partial charge in [0.25, 0.3) is 0 Å². The van der Waals surface area contributed by atoms with Gasteiger partial charge in [0.1, 0.15) is 5.75 Å². The van der Waals surface area contributed by atoms with Gasteiger partial charge in [-0.1, -0.05) is 12.1 Å². The summed E-state index contributed by atoms with van der Waals surface area (Å²) in [5, 5.41) is 3.13. The van der Waals surface area contributed by atoms with Crippen LogP contribution in [0.15, 0.2) is 24.3 Å². The summed E-state index contributed by atoms with van der Waals surface area (Å²) < 4.78 is 11.2. The Kier molecular flexibility index (Phi) is 4.46. The van der Waals surface area contributed by atoms with Crippen molar-refractivity contribution in [1.29, 1.82) is 0 Å². The van der Waals surface area contributed by atoms with Crippen LogP contribution >= 0.6 is 0 Å². The first-order chi connectivity index (χ1) is 11.7. The van der Waals surface area contributed by atoms with E-state index in [1.165, 1.54) is 18.4 Å². The highest BCUT2D eigenvalue weighted by Crippen LogP contribution is 2.33. The Morgan fingerprint density at radius 2 is 2.08 bits per heavy atom. The SMILES string of the molecule is COc1ccc(CN2C[C@@H]3C[C@@H](C(=O)NCC4CC4)[C@H](C2)O3)cc1. The molecule has 5 heteroatoms. The number of ether oxygens (including phenoxy) is 2. The van der Waals surface area contributed by atoms with Gasteiger partial charge in [0.2, 0.25) is 5.91 Å². The highest BCUT2D eigenvalue weighted by molar-refractivity contribution is 5.79. The van der Waals surface area contributed by atoms with Crippen molar-refractivity contribution < 1.29 is 14.3 Å². The first-order valence-electron chi connectivity index (χ1n) is 8.99. The summed E-state index contributed by atoms with van der Waals surface area (Å²) in [4.78, 5) is 14.8. The van der Waals surface area contributed by atoms with Crippen LogP contribution in [0.2, 0.25) is 0 Å². The number of nitrogens with zero attached hydrogens (tertiary/aromatic N) is 1. The minimum absolute atomic E-state index is 0.0228. The van der Waals surface area contributed by atoms with E-state index < -0.39 is 0 Å². The average molecular weight is 330 g/mol. The average Bonchev–Trinajstić information content (AvgIpc) is 3.37. The van der Waals surface area contributed by atoms with Crippen LogP contribution in [-0.2, 0) is 16.1 Å². The van der Waals surface area contributed by atoms with Crippen molar-refractivity contribution in [3.05, 3.63) is 29.8 Å². The van der Waals surface area contributed by atoms with Crippen molar-refractivity contribution in [3.8, 4) is 5.75 Å². The molecular weight excluding hydrogens is 304 g/mol. The molecule has 3 aliphatic rings. The van der Waals surface area contributed by atoms with Gasteiger partial charge in [0.15, 0.2) is 0 Å². The molecule has 1 aromatic carbocycles. The van der Waals surface area contributed by atoms with Crippen LogP contribution in [0.1, 0.15) is 24.8 Å². The molecule has 0 aromatic heterocycles. The molecule has 130 valence electrons. The monoisotopic (exact) mass is 330 g/mol. The normalized spacial score (nSPS) is 29.5. The van der Waals surface area contributed by atoms with E-state index in [2.05, 4.69) is 22.3 Å².